The topological polar surface area (TPSA) is 81.7 Å². The number of esters is 2. The van der Waals surface area contributed by atoms with Gasteiger partial charge in [0.25, 0.3) is 0 Å². The van der Waals surface area contributed by atoms with E-state index in [0.29, 0.717) is 23.9 Å². The number of rotatable bonds is 5. The van der Waals surface area contributed by atoms with Crippen LogP contribution in [0.2, 0.25) is 0 Å². The standard InChI is InChI=1S/C19H23NO5/c1-24-18(22)14-7-15(19(23)25-2)9-16(8-14)20-17(21)10-13-6-11-3-4-12(13)5-11/h7-9,11-13H,3-6,10H2,1-2H3,(H,20,21)/t11-,12-,13+/m1/s1. The van der Waals surface area contributed by atoms with E-state index in [0.717, 1.165) is 12.3 Å². The third-order valence-electron chi connectivity index (χ3n) is 5.39. The normalized spacial score (nSPS) is 24.0. The van der Waals surface area contributed by atoms with Crippen molar-refractivity contribution < 1.29 is 23.9 Å². The lowest BCUT2D eigenvalue weighted by atomic mass is 9.86. The van der Waals surface area contributed by atoms with Crippen molar-refractivity contribution in [3.63, 3.8) is 0 Å². The summed E-state index contributed by atoms with van der Waals surface area (Å²) in [5, 5.41) is 2.81. The maximum Gasteiger partial charge on any atom is 0.337 e. The highest BCUT2D eigenvalue weighted by molar-refractivity contribution is 5.99. The molecule has 1 amide bonds. The number of ether oxygens (including phenoxy) is 2. The molecule has 0 saturated heterocycles. The first-order valence-corrected chi connectivity index (χ1v) is 8.61. The minimum Gasteiger partial charge on any atom is -0.465 e. The molecule has 2 saturated carbocycles. The first-order valence-electron chi connectivity index (χ1n) is 8.61. The number of hydrogen-bond acceptors (Lipinski definition) is 5. The fraction of sp³-hybridized carbons (Fsp3) is 0.526. The van der Waals surface area contributed by atoms with Crippen molar-refractivity contribution in [1.29, 1.82) is 0 Å². The summed E-state index contributed by atoms with van der Waals surface area (Å²) in [5.74, 6) is 0.667. The van der Waals surface area contributed by atoms with Crippen LogP contribution in [0, 0.1) is 17.8 Å². The Morgan fingerprint density at radius 1 is 1.00 bits per heavy atom. The molecule has 0 radical (unpaired) electrons. The molecule has 2 fully saturated rings. The molecule has 0 aromatic heterocycles. The van der Waals surface area contributed by atoms with Crippen LogP contribution < -0.4 is 5.32 Å². The van der Waals surface area contributed by atoms with E-state index in [9.17, 15) is 14.4 Å². The van der Waals surface area contributed by atoms with Gasteiger partial charge in [0.2, 0.25) is 5.91 Å². The first-order chi connectivity index (χ1) is 12.0. The number of amides is 1. The van der Waals surface area contributed by atoms with E-state index in [1.807, 2.05) is 0 Å². The molecule has 2 aliphatic rings. The van der Waals surface area contributed by atoms with Gasteiger partial charge in [-0.2, -0.15) is 0 Å². The van der Waals surface area contributed by atoms with E-state index >= 15 is 0 Å². The quantitative estimate of drug-likeness (QED) is 0.830. The van der Waals surface area contributed by atoms with Gasteiger partial charge in [0, 0.05) is 12.1 Å². The Hall–Kier alpha value is -2.37. The van der Waals surface area contributed by atoms with Gasteiger partial charge in [0.1, 0.15) is 0 Å². The summed E-state index contributed by atoms with van der Waals surface area (Å²) in [6.45, 7) is 0. The summed E-state index contributed by atoms with van der Waals surface area (Å²) >= 11 is 0. The Morgan fingerprint density at radius 2 is 1.64 bits per heavy atom. The molecule has 1 aromatic carbocycles. The maximum atomic E-state index is 12.4. The minimum absolute atomic E-state index is 0.0876. The number of carbonyl (C=O) groups is 3. The van der Waals surface area contributed by atoms with Crippen molar-refractivity contribution in [2.24, 2.45) is 17.8 Å². The molecule has 3 atom stereocenters. The smallest absolute Gasteiger partial charge is 0.337 e. The van der Waals surface area contributed by atoms with Gasteiger partial charge >= 0.3 is 11.9 Å². The number of fused-ring (bicyclic) bond motifs is 2. The Balaban J connectivity index is 1.72. The lowest BCUT2D eigenvalue weighted by Gasteiger charge is -2.21. The van der Waals surface area contributed by atoms with Gasteiger partial charge in [-0.1, -0.05) is 6.42 Å². The van der Waals surface area contributed by atoms with E-state index in [1.165, 1.54) is 51.7 Å². The van der Waals surface area contributed by atoms with Crippen LogP contribution in [0.5, 0.6) is 0 Å². The molecule has 3 rings (SSSR count). The lowest BCUT2D eigenvalue weighted by molar-refractivity contribution is -0.117. The Kier molecular flexibility index (Phi) is 5.06. The third kappa shape index (κ3) is 3.83. The average Bonchev–Trinajstić information content (AvgIpc) is 3.22. The van der Waals surface area contributed by atoms with Gasteiger partial charge < -0.3 is 14.8 Å². The van der Waals surface area contributed by atoms with Crippen LogP contribution in [0.15, 0.2) is 18.2 Å². The van der Waals surface area contributed by atoms with Crippen LogP contribution in [0.3, 0.4) is 0 Å². The molecule has 25 heavy (non-hydrogen) atoms. The van der Waals surface area contributed by atoms with E-state index in [1.54, 1.807) is 0 Å². The molecule has 6 heteroatoms. The molecule has 6 nitrogen and oxygen atoms in total. The van der Waals surface area contributed by atoms with Crippen LogP contribution >= 0.6 is 0 Å². The fourth-order valence-corrected chi connectivity index (χ4v) is 4.25. The minimum atomic E-state index is -0.575. The highest BCUT2D eigenvalue weighted by atomic mass is 16.5. The van der Waals surface area contributed by atoms with Gasteiger partial charge in [-0.15, -0.1) is 0 Å². The SMILES string of the molecule is COC(=O)c1cc(NC(=O)C[C@@H]2C[C@@H]3CC[C@@H]2C3)cc(C(=O)OC)c1. The van der Waals surface area contributed by atoms with E-state index in [-0.39, 0.29) is 17.0 Å². The maximum absolute atomic E-state index is 12.4. The summed E-state index contributed by atoms with van der Waals surface area (Å²) < 4.78 is 9.40. The van der Waals surface area contributed by atoms with Crippen LogP contribution in [0.4, 0.5) is 5.69 Å². The summed E-state index contributed by atoms with van der Waals surface area (Å²) in [7, 11) is 2.53. The monoisotopic (exact) mass is 345 g/mol. The van der Waals surface area contributed by atoms with E-state index < -0.39 is 11.9 Å². The second-order valence-electron chi connectivity index (χ2n) is 6.97. The van der Waals surface area contributed by atoms with Crippen molar-refractivity contribution in [2.75, 3.05) is 19.5 Å². The molecule has 2 bridgehead atoms. The van der Waals surface area contributed by atoms with Crippen molar-refractivity contribution in [1.82, 2.24) is 0 Å². The molecule has 2 aliphatic carbocycles. The van der Waals surface area contributed by atoms with Crippen molar-refractivity contribution in [3.8, 4) is 0 Å². The summed E-state index contributed by atoms with van der Waals surface area (Å²) in [4.78, 5) is 36.0. The second-order valence-corrected chi connectivity index (χ2v) is 6.97. The number of hydrogen-bond donors (Lipinski definition) is 1. The number of nitrogens with one attached hydrogen (secondary N) is 1. The van der Waals surface area contributed by atoms with Crippen LogP contribution in [-0.2, 0) is 14.3 Å². The van der Waals surface area contributed by atoms with Gasteiger partial charge in [-0.3, -0.25) is 4.79 Å². The van der Waals surface area contributed by atoms with Crippen molar-refractivity contribution >= 4 is 23.5 Å². The second kappa shape index (κ2) is 7.25. The molecule has 0 heterocycles. The van der Waals surface area contributed by atoms with Crippen LogP contribution in [0.1, 0.15) is 52.8 Å². The van der Waals surface area contributed by atoms with Gasteiger partial charge in [0.15, 0.2) is 0 Å². The Bertz CT molecular complexity index is 665. The van der Waals surface area contributed by atoms with Crippen molar-refractivity contribution in [2.45, 2.75) is 32.1 Å². The largest absolute Gasteiger partial charge is 0.465 e. The van der Waals surface area contributed by atoms with Crippen LogP contribution in [-0.4, -0.2) is 32.1 Å². The van der Waals surface area contributed by atoms with Crippen molar-refractivity contribution in [3.05, 3.63) is 29.3 Å². The zero-order chi connectivity index (χ0) is 18.0. The molecule has 0 spiro atoms. The van der Waals surface area contributed by atoms with Gasteiger partial charge in [-0.05, 0) is 55.2 Å². The van der Waals surface area contributed by atoms with Gasteiger partial charge in [0.05, 0.1) is 25.3 Å². The summed E-state index contributed by atoms with van der Waals surface area (Å²) in [5.41, 5.74) is 0.790. The summed E-state index contributed by atoms with van der Waals surface area (Å²) in [6, 6.07) is 4.41. The molecule has 0 aliphatic heterocycles. The summed E-state index contributed by atoms with van der Waals surface area (Å²) in [6.07, 6.45) is 5.40. The molecule has 0 unspecified atom stereocenters. The highest BCUT2D eigenvalue weighted by Gasteiger charge is 2.40. The molecular formula is C19H23NO5. The zero-order valence-corrected chi connectivity index (χ0v) is 14.5. The third-order valence-corrected chi connectivity index (χ3v) is 5.39. The average molecular weight is 345 g/mol. The van der Waals surface area contributed by atoms with Crippen LogP contribution in [0.25, 0.3) is 0 Å². The van der Waals surface area contributed by atoms with E-state index in [4.69, 9.17) is 9.47 Å². The number of anilines is 1. The Morgan fingerprint density at radius 3 is 2.12 bits per heavy atom. The number of methoxy groups -OCH3 is 2. The highest BCUT2D eigenvalue weighted by Crippen LogP contribution is 2.49. The molecule has 134 valence electrons. The predicted octanol–water partition coefficient (Wildman–Crippen LogP) is 3.02. The lowest BCUT2D eigenvalue weighted by Crippen LogP contribution is -2.20. The number of benzene rings is 1. The zero-order valence-electron chi connectivity index (χ0n) is 14.5. The number of carbonyl (C=O) groups excluding carboxylic acids is 3. The fourth-order valence-electron chi connectivity index (χ4n) is 4.25. The van der Waals surface area contributed by atoms with Gasteiger partial charge in [-0.25, -0.2) is 9.59 Å². The first kappa shape index (κ1) is 17.5. The predicted molar refractivity (Wildman–Crippen MR) is 91.3 cm³/mol. The molecular weight excluding hydrogens is 322 g/mol. The Labute approximate surface area is 146 Å². The van der Waals surface area contributed by atoms with E-state index in [2.05, 4.69) is 5.32 Å². The molecule has 1 N–H and O–H groups in total. The molecule has 1 aromatic rings.